The van der Waals surface area contributed by atoms with Gasteiger partial charge >= 0.3 is 5.97 Å². The number of rotatable bonds is 4. The smallest absolute Gasteiger partial charge is 0.313 e. The third-order valence-electron chi connectivity index (χ3n) is 6.62. The van der Waals surface area contributed by atoms with E-state index in [0.717, 1.165) is 29.9 Å². The van der Waals surface area contributed by atoms with Crippen LogP contribution >= 0.6 is 0 Å². The van der Waals surface area contributed by atoms with Crippen LogP contribution in [0.2, 0.25) is 0 Å². The van der Waals surface area contributed by atoms with Gasteiger partial charge in [-0.1, -0.05) is 31.0 Å². The Morgan fingerprint density at radius 3 is 2.21 bits per heavy atom. The van der Waals surface area contributed by atoms with Crippen LogP contribution in [0.3, 0.4) is 0 Å². The van der Waals surface area contributed by atoms with E-state index in [1.165, 1.54) is 31.1 Å². The van der Waals surface area contributed by atoms with Crippen LogP contribution in [0.1, 0.15) is 60.1 Å². The van der Waals surface area contributed by atoms with Gasteiger partial charge in [-0.3, -0.25) is 4.79 Å². The number of carbonyl (C=O) groups excluding carboxylic acids is 1. The lowest BCUT2D eigenvalue weighted by Crippen LogP contribution is -2.37. The highest BCUT2D eigenvalue weighted by Gasteiger charge is 2.47. The summed E-state index contributed by atoms with van der Waals surface area (Å²) in [5.41, 5.74) is 3.55. The van der Waals surface area contributed by atoms with Crippen LogP contribution in [0.15, 0.2) is 42.5 Å². The molecule has 0 saturated heterocycles. The summed E-state index contributed by atoms with van der Waals surface area (Å²) in [6, 6.07) is 14.4. The molecule has 4 atom stereocenters. The van der Waals surface area contributed by atoms with Gasteiger partial charge in [-0.2, -0.15) is 0 Å². The molecule has 0 amide bonds. The first-order valence-corrected chi connectivity index (χ1v) is 10.1. The Bertz CT molecular complexity index is 842. The van der Waals surface area contributed by atoms with E-state index in [2.05, 4.69) is 24.3 Å². The van der Waals surface area contributed by atoms with E-state index in [1.54, 1.807) is 14.2 Å². The molecule has 2 aromatic carbocycles. The molecular formula is C24H28O4. The summed E-state index contributed by atoms with van der Waals surface area (Å²) in [7, 11) is 4.86. The summed E-state index contributed by atoms with van der Waals surface area (Å²) in [4.78, 5) is 13.0. The second-order valence-corrected chi connectivity index (χ2v) is 7.85. The van der Waals surface area contributed by atoms with Crippen LogP contribution < -0.4 is 9.47 Å². The van der Waals surface area contributed by atoms with Gasteiger partial charge in [0.15, 0.2) is 0 Å². The van der Waals surface area contributed by atoms with E-state index >= 15 is 0 Å². The number of methoxy groups -OCH3 is 3. The van der Waals surface area contributed by atoms with Gasteiger partial charge in [-0.15, -0.1) is 0 Å². The molecule has 148 valence electrons. The minimum absolute atomic E-state index is 0.115. The maximum atomic E-state index is 13.0. The molecule has 0 spiro atoms. The summed E-state index contributed by atoms with van der Waals surface area (Å²) in [5.74, 6) is 2.23. The van der Waals surface area contributed by atoms with Gasteiger partial charge in [0.25, 0.3) is 0 Å². The SMILES string of the molecule is COC(=O)C1c2ccc(OC)cc2C2CCCCC2C1c1ccc(OC)cc1. The van der Waals surface area contributed by atoms with Crippen LogP contribution in [0.5, 0.6) is 11.5 Å². The number of hydrogen-bond acceptors (Lipinski definition) is 4. The Morgan fingerprint density at radius 2 is 1.54 bits per heavy atom. The van der Waals surface area contributed by atoms with Crippen LogP contribution in [0.25, 0.3) is 0 Å². The van der Waals surface area contributed by atoms with Crippen molar-refractivity contribution < 1.29 is 19.0 Å². The van der Waals surface area contributed by atoms with Crippen molar-refractivity contribution in [3.8, 4) is 11.5 Å². The van der Waals surface area contributed by atoms with Gasteiger partial charge in [0.2, 0.25) is 0 Å². The average Bonchev–Trinajstić information content (AvgIpc) is 2.77. The van der Waals surface area contributed by atoms with Crippen molar-refractivity contribution in [2.75, 3.05) is 21.3 Å². The van der Waals surface area contributed by atoms with Gasteiger partial charge in [-0.05, 0) is 65.6 Å². The normalized spacial score (nSPS) is 26.0. The van der Waals surface area contributed by atoms with Crippen molar-refractivity contribution in [3.63, 3.8) is 0 Å². The summed E-state index contributed by atoms with van der Waals surface area (Å²) in [6.45, 7) is 0. The molecule has 0 aromatic heterocycles. The minimum atomic E-state index is -0.293. The molecule has 0 heterocycles. The minimum Gasteiger partial charge on any atom is -0.497 e. The van der Waals surface area contributed by atoms with Gasteiger partial charge in [-0.25, -0.2) is 0 Å². The lowest BCUT2D eigenvalue weighted by Gasteiger charge is -2.46. The largest absolute Gasteiger partial charge is 0.497 e. The second-order valence-electron chi connectivity index (χ2n) is 7.85. The Morgan fingerprint density at radius 1 is 0.857 bits per heavy atom. The molecule has 4 heteroatoms. The molecule has 4 rings (SSSR count). The summed E-state index contributed by atoms with van der Waals surface area (Å²) in [5, 5.41) is 0. The number of hydrogen-bond donors (Lipinski definition) is 0. The number of carbonyl (C=O) groups is 1. The van der Waals surface area contributed by atoms with Gasteiger partial charge in [0, 0.05) is 5.92 Å². The molecule has 4 unspecified atom stereocenters. The molecular weight excluding hydrogens is 352 g/mol. The van der Waals surface area contributed by atoms with Crippen LogP contribution in [0, 0.1) is 5.92 Å². The van der Waals surface area contributed by atoms with Gasteiger partial charge in [0.1, 0.15) is 11.5 Å². The second kappa shape index (κ2) is 7.86. The molecule has 0 aliphatic heterocycles. The first-order chi connectivity index (χ1) is 13.7. The number of ether oxygens (including phenoxy) is 3. The fraction of sp³-hybridized carbons (Fsp3) is 0.458. The highest BCUT2D eigenvalue weighted by Crippen LogP contribution is 2.57. The molecule has 0 N–H and O–H groups in total. The van der Waals surface area contributed by atoms with E-state index in [0.29, 0.717) is 11.8 Å². The van der Waals surface area contributed by atoms with Gasteiger partial charge in [0.05, 0.1) is 27.2 Å². The highest BCUT2D eigenvalue weighted by atomic mass is 16.5. The molecule has 2 aromatic rings. The van der Waals surface area contributed by atoms with Crippen molar-refractivity contribution in [2.24, 2.45) is 5.92 Å². The zero-order chi connectivity index (χ0) is 19.7. The Kier molecular flexibility index (Phi) is 5.29. The van der Waals surface area contributed by atoms with Crippen molar-refractivity contribution in [1.82, 2.24) is 0 Å². The molecule has 0 bridgehead atoms. The van der Waals surface area contributed by atoms with Crippen molar-refractivity contribution in [3.05, 3.63) is 59.2 Å². The van der Waals surface area contributed by atoms with Crippen LogP contribution in [-0.4, -0.2) is 27.3 Å². The van der Waals surface area contributed by atoms with E-state index in [4.69, 9.17) is 14.2 Å². The first kappa shape index (κ1) is 18.9. The molecule has 2 aliphatic rings. The molecule has 4 nitrogen and oxygen atoms in total. The zero-order valence-electron chi connectivity index (χ0n) is 16.8. The topological polar surface area (TPSA) is 44.8 Å². The monoisotopic (exact) mass is 380 g/mol. The highest BCUT2D eigenvalue weighted by molar-refractivity contribution is 5.81. The molecule has 28 heavy (non-hydrogen) atoms. The van der Waals surface area contributed by atoms with E-state index < -0.39 is 0 Å². The van der Waals surface area contributed by atoms with E-state index in [9.17, 15) is 4.79 Å². The fourth-order valence-electron chi connectivity index (χ4n) is 5.37. The zero-order valence-corrected chi connectivity index (χ0v) is 16.8. The first-order valence-electron chi connectivity index (χ1n) is 10.1. The fourth-order valence-corrected chi connectivity index (χ4v) is 5.37. The number of esters is 1. The Balaban J connectivity index is 1.87. The van der Waals surface area contributed by atoms with Crippen LogP contribution in [0.4, 0.5) is 0 Å². The van der Waals surface area contributed by atoms with E-state index in [-0.39, 0.29) is 17.8 Å². The van der Waals surface area contributed by atoms with Crippen molar-refractivity contribution >= 4 is 5.97 Å². The maximum absolute atomic E-state index is 13.0. The lowest BCUT2D eigenvalue weighted by molar-refractivity contribution is -0.144. The molecule has 1 fully saturated rings. The van der Waals surface area contributed by atoms with E-state index in [1.807, 2.05) is 18.2 Å². The summed E-state index contributed by atoms with van der Waals surface area (Å²) >= 11 is 0. The van der Waals surface area contributed by atoms with Crippen molar-refractivity contribution in [2.45, 2.75) is 43.4 Å². The third-order valence-corrected chi connectivity index (χ3v) is 6.62. The Labute approximate surface area is 166 Å². The Hall–Kier alpha value is -2.49. The average molecular weight is 380 g/mol. The number of fused-ring (bicyclic) bond motifs is 3. The van der Waals surface area contributed by atoms with Crippen LogP contribution in [-0.2, 0) is 9.53 Å². The quantitative estimate of drug-likeness (QED) is 0.698. The molecule has 1 saturated carbocycles. The number of benzene rings is 2. The summed E-state index contributed by atoms with van der Waals surface area (Å²) < 4.78 is 16.1. The summed E-state index contributed by atoms with van der Waals surface area (Å²) in [6.07, 6.45) is 4.73. The maximum Gasteiger partial charge on any atom is 0.313 e. The third kappa shape index (κ3) is 3.15. The molecule has 0 radical (unpaired) electrons. The predicted octanol–water partition coefficient (Wildman–Crippen LogP) is 5.03. The molecule has 2 aliphatic carbocycles. The standard InChI is InChI=1S/C24H28O4/c1-26-16-10-8-15(9-11-16)22-19-7-5-4-6-18(19)21-14-17(27-2)12-13-20(21)23(22)24(25)28-3/h8-14,18-19,22-23H,4-7H2,1-3H3. The van der Waals surface area contributed by atoms with Crippen molar-refractivity contribution in [1.29, 1.82) is 0 Å². The predicted molar refractivity (Wildman–Crippen MR) is 108 cm³/mol. The lowest BCUT2D eigenvalue weighted by atomic mass is 9.57. The van der Waals surface area contributed by atoms with Gasteiger partial charge < -0.3 is 14.2 Å².